The number of hydrogen-bond acceptors (Lipinski definition) is 7. The van der Waals surface area contributed by atoms with E-state index >= 15 is 0 Å². The molecule has 2 aromatic heterocycles. The maximum Gasteiger partial charge on any atom is 0.280 e. The van der Waals surface area contributed by atoms with Crippen molar-refractivity contribution in [2.24, 2.45) is 0 Å². The lowest BCUT2D eigenvalue weighted by Gasteiger charge is -2.24. The van der Waals surface area contributed by atoms with Crippen molar-refractivity contribution in [2.45, 2.75) is 19.3 Å². The van der Waals surface area contributed by atoms with Gasteiger partial charge < -0.3 is 14.0 Å². The van der Waals surface area contributed by atoms with Gasteiger partial charge in [0.15, 0.2) is 5.69 Å². The van der Waals surface area contributed by atoms with Gasteiger partial charge in [0.25, 0.3) is 5.89 Å². The minimum Gasteiger partial charge on any atom is -0.496 e. The van der Waals surface area contributed by atoms with Crippen molar-refractivity contribution in [1.82, 2.24) is 25.1 Å². The number of fused-ring (bicyclic) bond motifs is 1. The largest absolute Gasteiger partial charge is 0.496 e. The molecule has 0 fully saturated rings. The standard InChI is InChI=1S/C20H16FN5O3/c1-27-16-5-3-2-4-14(16)19-22-20(29-24-19)18-15-11-28-17(10-26(15)25-23-18)12-6-8-13(21)9-7-12/h2-9,17H,10-11H2,1H3/t17-/m1/s1. The number of benzene rings is 2. The van der Waals surface area contributed by atoms with Crippen LogP contribution in [-0.4, -0.2) is 32.2 Å². The zero-order chi connectivity index (χ0) is 19.8. The van der Waals surface area contributed by atoms with Gasteiger partial charge in [-0.15, -0.1) is 5.10 Å². The molecule has 29 heavy (non-hydrogen) atoms. The Morgan fingerprint density at radius 3 is 2.79 bits per heavy atom. The molecule has 2 aromatic carbocycles. The molecule has 0 aliphatic carbocycles. The third kappa shape index (κ3) is 3.15. The minimum absolute atomic E-state index is 0.232. The summed E-state index contributed by atoms with van der Waals surface area (Å²) in [6.45, 7) is 0.734. The molecule has 0 unspecified atom stereocenters. The molecule has 3 heterocycles. The van der Waals surface area contributed by atoms with Crippen LogP contribution in [0.3, 0.4) is 0 Å². The number of para-hydroxylation sites is 1. The van der Waals surface area contributed by atoms with E-state index < -0.39 is 0 Å². The van der Waals surface area contributed by atoms with Crippen molar-refractivity contribution in [1.29, 1.82) is 0 Å². The smallest absolute Gasteiger partial charge is 0.280 e. The van der Waals surface area contributed by atoms with E-state index in [2.05, 4.69) is 20.5 Å². The second kappa shape index (κ2) is 7.10. The Morgan fingerprint density at radius 1 is 1.14 bits per heavy atom. The summed E-state index contributed by atoms with van der Waals surface area (Å²) in [5.74, 6) is 1.03. The Bertz CT molecular complexity index is 1160. The van der Waals surface area contributed by atoms with E-state index in [1.54, 1.807) is 23.9 Å². The first-order valence-electron chi connectivity index (χ1n) is 9.00. The molecule has 0 amide bonds. The number of aromatic nitrogens is 5. The Kier molecular flexibility index (Phi) is 4.28. The highest BCUT2D eigenvalue weighted by Crippen LogP contribution is 2.32. The van der Waals surface area contributed by atoms with Crippen LogP contribution in [0.5, 0.6) is 5.75 Å². The molecular formula is C20H16FN5O3. The first-order valence-corrected chi connectivity index (χ1v) is 9.00. The second-order valence-electron chi connectivity index (χ2n) is 6.54. The topological polar surface area (TPSA) is 88.1 Å². The molecular weight excluding hydrogens is 377 g/mol. The molecule has 1 aliphatic rings. The molecule has 1 atom stereocenters. The average Bonchev–Trinajstić information content (AvgIpc) is 3.40. The Hall–Kier alpha value is -3.59. The fourth-order valence-corrected chi connectivity index (χ4v) is 3.32. The zero-order valence-electron chi connectivity index (χ0n) is 15.4. The van der Waals surface area contributed by atoms with Crippen LogP contribution < -0.4 is 4.74 Å². The van der Waals surface area contributed by atoms with Gasteiger partial charge in [0.2, 0.25) is 5.82 Å². The summed E-state index contributed by atoms with van der Waals surface area (Å²) >= 11 is 0. The van der Waals surface area contributed by atoms with Crippen molar-refractivity contribution in [3.05, 3.63) is 65.6 Å². The minimum atomic E-state index is -0.282. The van der Waals surface area contributed by atoms with Crippen LogP contribution in [0.25, 0.3) is 23.0 Å². The zero-order valence-corrected chi connectivity index (χ0v) is 15.4. The average molecular weight is 393 g/mol. The maximum atomic E-state index is 13.2. The summed E-state index contributed by atoms with van der Waals surface area (Å²) in [5.41, 5.74) is 2.83. The SMILES string of the molecule is COc1ccccc1-c1noc(-c2nnn3c2CO[C@@H](c2ccc(F)cc2)C3)n1. The molecule has 0 saturated carbocycles. The van der Waals surface area contributed by atoms with Gasteiger partial charge in [-0.2, -0.15) is 4.98 Å². The number of ether oxygens (including phenoxy) is 2. The monoisotopic (exact) mass is 393 g/mol. The van der Waals surface area contributed by atoms with Crippen LogP contribution in [0.1, 0.15) is 17.4 Å². The van der Waals surface area contributed by atoms with Crippen molar-refractivity contribution in [3.63, 3.8) is 0 Å². The van der Waals surface area contributed by atoms with Crippen molar-refractivity contribution >= 4 is 0 Å². The highest BCUT2D eigenvalue weighted by Gasteiger charge is 2.28. The number of halogens is 1. The van der Waals surface area contributed by atoms with Gasteiger partial charge >= 0.3 is 0 Å². The first-order chi connectivity index (χ1) is 14.2. The van der Waals surface area contributed by atoms with E-state index in [1.807, 2.05) is 24.3 Å². The van der Waals surface area contributed by atoms with Gasteiger partial charge in [0.05, 0.1) is 31.5 Å². The van der Waals surface area contributed by atoms with Crippen LogP contribution in [0, 0.1) is 5.82 Å². The van der Waals surface area contributed by atoms with Crippen LogP contribution in [0.15, 0.2) is 53.1 Å². The van der Waals surface area contributed by atoms with Crippen LogP contribution in [0.4, 0.5) is 4.39 Å². The third-order valence-electron chi connectivity index (χ3n) is 4.82. The fraction of sp³-hybridized carbons (Fsp3) is 0.200. The number of methoxy groups -OCH3 is 1. The molecule has 4 aromatic rings. The fourth-order valence-electron chi connectivity index (χ4n) is 3.32. The van der Waals surface area contributed by atoms with Crippen LogP contribution in [-0.2, 0) is 17.9 Å². The molecule has 0 bridgehead atoms. The lowest BCUT2D eigenvalue weighted by Crippen LogP contribution is -2.22. The summed E-state index contributed by atoms with van der Waals surface area (Å²) < 4.78 is 31.6. The predicted octanol–water partition coefficient (Wildman–Crippen LogP) is 3.41. The van der Waals surface area contributed by atoms with E-state index in [0.717, 1.165) is 16.8 Å². The van der Waals surface area contributed by atoms with E-state index in [0.29, 0.717) is 23.8 Å². The number of rotatable bonds is 4. The molecule has 5 rings (SSSR count). The Labute approximate surface area is 164 Å². The quantitative estimate of drug-likeness (QED) is 0.525. The molecule has 0 N–H and O–H groups in total. The van der Waals surface area contributed by atoms with Gasteiger partial charge in [-0.25, -0.2) is 9.07 Å². The van der Waals surface area contributed by atoms with Crippen LogP contribution >= 0.6 is 0 Å². The van der Waals surface area contributed by atoms with Gasteiger partial charge in [-0.05, 0) is 29.8 Å². The highest BCUT2D eigenvalue weighted by atomic mass is 19.1. The van der Waals surface area contributed by atoms with Crippen LogP contribution in [0.2, 0.25) is 0 Å². The molecule has 0 spiro atoms. The molecule has 8 nitrogen and oxygen atoms in total. The number of nitrogens with zero attached hydrogens (tertiary/aromatic N) is 5. The third-order valence-corrected chi connectivity index (χ3v) is 4.82. The van der Waals surface area contributed by atoms with E-state index in [-0.39, 0.29) is 24.4 Å². The lowest BCUT2D eigenvalue weighted by atomic mass is 10.1. The van der Waals surface area contributed by atoms with E-state index in [1.165, 1.54) is 12.1 Å². The predicted molar refractivity (Wildman–Crippen MR) is 99.2 cm³/mol. The summed E-state index contributed by atoms with van der Waals surface area (Å²) in [5, 5.41) is 12.5. The lowest BCUT2D eigenvalue weighted by molar-refractivity contribution is -0.00120. The highest BCUT2D eigenvalue weighted by molar-refractivity contribution is 5.65. The maximum absolute atomic E-state index is 13.2. The summed E-state index contributed by atoms with van der Waals surface area (Å²) in [6, 6.07) is 13.7. The first kappa shape index (κ1) is 17.5. The molecule has 1 aliphatic heterocycles. The van der Waals surface area contributed by atoms with Gasteiger partial charge in [-0.1, -0.05) is 34.6 Å². The Morgan fingerprint density at radius 2 is 1.97 bits per heavy atom. The van der Waals surface area contributed by atoms with Crippen molar-refractivity contribution < 1.29 is 18.4 Å². The van der Waals surface area contributed by atoms with E-state index in [9.17, 15) is 4.39 Å². The number of hydrogen-bond donors (Lipinski definition) is 0. The summed E-state index contributed by atoms with van der Waals surface area (Å²) in [4.78, 5) is 4.46. The Balaban J connectivity index is 1.42. The summed E-state index contributed by atoms with van der Waals surface area (Å²) in [6.07, 6.45) is -0.232. The van der Waals surface area contributed by atoms with Gasteiger partial charge in [-0.3, -0.25) is 0 Å². The van der Waals surface area contributed by atoms with Gasteiger partial charge in [0.1, 0.15) is 17.7 Å². The second-order valence-corrected chi connectivity index (χ2v) is 6.54. The molecule has 0 radical (unpaired) electrons. The normalized spacial score (nSPS) is 15.9. The van der Waals surface area contributed by atoms with Gasteiger partial charge in [0, 0.05) is 0 Å². The molecule has 146 valence electrons. The molecule has 9 heteroatoms. The van der Waals surface area contributed by atoms with E-state index in [4.69, 9.17) is 14.0 Å². The van der Waals surface area contributed by atoms with Crippen molar-refractivity contribution in [3.8, 4) is 28.7 Å². The van der Waals surface area contributed by atoms with Crippen molar-refractivity contribution in [2.75, 3.05) is 7.11 Å². The molecule has 0 saturated heterocycles. The summed E-state index contributed by atoms with van der Waals surface area (Å²) in [7, 11) is 1.59.